The zero-order valence-corrected chi connectivity index (χ0v) is 52.2. The van der Waals surface area contributed by atoms with Crippen molar-refractivity contribution < 1.29 is 48.2 Å². The molecule has 0 N–H and O–H groups in total. The largest absolute Gasteiger partial charge is 0.510 e. The van der Waals surface area contributed by atoms with E-state index < -0.39 is 68.7 Å². The van der Waals surface area contributed by atoms with Crippen LogP contribution in [0.2, 0.25) is 0 Å². The average molecular weight is 1370 g/mol. The first-order valence-electron chi connectivity index (χ1n) is 35.9. The van der Waals surface area contributed by atoms with Crippen LogP contribution in [0.5, 0.6) is 11.5 Å². The number of ether oxygens (including phenoxy) is 1. The number of para-hydroxylation sites is 1. The second-order valence-electron chi connectivity index (χ2n) is 23.3. The molecule has 3 aromatic heterocycles. The van der Waals surface area contributed by atoms with E-state index in [0.29, 0.717) is 33.5 Å². The number of benzene rings is 12. The first kappa shape index (κ1) is 43.4. The summed E-state index contributed by atoms with van der Waals surface area (Å²) in [5.41, 5.74) is 9.10. The standard InChI is InChI=1S/C83H60N4OSi.Pt/c1-56-48-80(84-54-76(56)58-28-12-6-13-29-58)87-77-47-45-66(89(63-32-14-7-15-33-63,64-34-16-8-17-35-64)65-36-18-9-19-37-65)53-74(77)71-46-44-62(52-79(71)87)88-61-31-24-30-60(51-61)85-55-86-81-73(57-26-10-5-11-27-57)49-59(83(2,3)4)50-75(81)70-41-23-21-39-68(70)67-38-20-22-40-69(67)72-42-25-43-78(85)82(72)86;/h5-50,53-54H,1-4H3;/q-2;/i1D3,5D,6D,10D,11D,12D,13D,26D,27D,28D,29D;. The minimum absolute atomic E-state index is 0. The number of rotatable bonds is 10. The van der Waals surface area contributed by atoms with Gasteiger partial charge in [-0.2, -0.15) is 18.2 Å². The third-order valence-corrected chi connectivity index (χ3v) is 22.0. The van der Waals surface area contributed by atoms with Gasteiger partial charge in [-0.1, -0.05) is 269 Å². The molecule has 0 saturated heterocycles. The van der Waals surface area contributed by atoms with Crippen molar-refractivity contribution in [3.8, 4) is 84.3 Å². The van der Waals surface area contributed by atoms with Crippen LogP contribution < -0.4 is 30.1 Å². The molecular formula is C83H60N4OPtSi-2. The van der Waals surface area contributed by atoms with Crippen molar-refractivity contribution in [3.63, 3.8) is 0 Å². The molecule has 15 aromatic rings. The fourth-order valence-electron chi connectivity index (χ4n) is 13.1. The van der Waals surface area contributed by atoms with E-state index in [0.717, 1.165) is 76.0 Å². The van der Waals surface area contributed by atoms with E-state index >= 15 is 0 Å². The van der Waals surface area contributed by atoms with Crippen LogP contribution in [0.1, 0.15) is 49.7 Å². The van der Waals surface area contributed by atoms with Crippen LogP contribution >= 0.6 is 0 Å². The molecule has 0 bridgehead atoms. The van der Waals surface area contributed by atoms with Crippen LogP contribution in [0, 0.1) is 25.3 Å². The van der Waals surface area contributed by atoms with E-state index in [4.69, 9.17) is 24.8 Å². The predicted molar refractivity (Wildman–Crippen MR) is 368 cm³/mol. The quantitative estimate of drug-likeness (QED) is 0.0592. The number of nitrogens with zero attached hydrogens (tertiary/aromatic N) is 4. The monoisotopic (exact) mass is 1360 g/mol. The summed E-state index contributed by atoms with van der Waals surface area (Å²) in [6, 6.07) is 77.3. The van der Waals surface area contributed by atoms with Crippen molar-refractivity contribution in [2.45, 2.75) is 33.0 Å². The SMILES string of the molecule is [2H]c1c([2H])c([2H])c(-c2cnc(-n3c4[c-]c(Oc5[c-]c(-n6[c-][n+]7c8c(cccc86)-c6ccccc6-c6ccccc6-c6cc(C(C)(C)C)cc(-c8c([2H])c([2H])c([2H])c([2H])c8[2H])c6-7)ccc5)ccc4c4cc([Si](c5ccccc5)(c5ccccc5)c5ccccc5)ccc43)cc2C([2H])([2H])[2H])c([2H])c1[2H].[Pt]. The average Bonchev–Trinajstić information content (AvgIpc) is 1.66. The molecule has 0 atom stereocenters. The number of hydrogen-bond donors (Lipinski definition) is 0. The van der Waals surface area contributed by atoms with Crippen LogP contribution in [-0.2, 0) is 26.5 Å². The van der Waals surface area contributed by atoms with Gasteiger partial charge in [0.25, 0.3) is 6.33 Å². The van der Waals surface area contributed by atoms with Gasteiger partial charge in [0.05, 0.1) is 30.4 Å². The molecule has 12 aromatic carbocycles. The van der Waals surface area contributed by atoms with Crippen LogP contribution in [0.25, 0.3) is 106 Å². The van der Waals surface area contributed by atoms with Gasteiger partial charge in [-0.15, -0.1) is 29.7 Å². The number of aromatic nitrogens is 4. The molecule has 4 heterocycles. The Morgan fingerprint density at radius 3 is 1.67 bits per heavy atom. The fraction of sp³-hybridized carbons (Fsp3) is 0.0602. The third-order valence-electron chi connectivity index (χ3n) is 17.2. The van der Waals surface area contributed by atoms with Gasteiger partial charge in [-0.3, -0.25) is 4.57 Å². The van der Waals surface area contributed by atoms with Crippen molar-refractivity contribution in [3.05, 3.63) is 321 Å². The van der Waals surface area contributed by atoms with Crippen LogP contribution in [0.4, 0.5) is 0 Å². The van der Waals surface area contributed by atoms with Crippen LogP contribution in [0.15, 0.2) is 291 Å². The Labute approximate surface area is 559 Å². The van der Waals surface area contributed by atoms with Gasteiger partial charge in [0.1, 0.15) is 5.82 Å². The zero-order valence-electron chi connectivity index (χ0n) is 62.0. The van der Waals surface area contributed by atoms with Gasteiger partial charge in [0.2, 0.25) is 0 Å². The summed E-state index contributed by atoms with van der Waals surface area (Å²) in [4.78, 5) is 4.93. The summed E-state index contributed by atoms with van der Waals surface area (Å²) < 4.78 is 128. The molecule has 1 aliphatic heterocycles. The second kappa shape index (κ2) is 22.7. The van der Waals surface area contributed by atoms with Crippen molar-refractivity contribution in [1.29, 1.82) is 0 Å². The number of imidazole rings is 1. The minimum Gasteiger partial charge on any atom is -0.510 e. The molecule has 16 rings (SSSR count). The molecule has 0 aliphatic carbocycles. The zero-order chi connectivity index (χ0) is 71.0. The summed E-state index contributed by atoms with van der Waals surface area (Å²) >= 11 is 0. The summed E-state index contributed by atoms with van der Waals surface area (Å²) in [7, 11) is -3.14. The Balaban J connectivity index is 0.00000856. The number of aryl methyl sites for hydroxylation is 1. The van der Waals surface area contributed by atoms with Crippen molar-refractivity contribution in [1.82, 2.24) is 14.1 Å². The van der Waals surface area contributed by atoms with Crippen molar-refractivity contribution in [2.24, 2.45) is 0 Å². The Bertz CT molecular complexity index is 5820. The van der Waals surface area contributed by atoms with Crippen molar-refractivity contribution in [2.75, 3.05) is 0 Å². The fourth-order valence-corrected chi connectivity index (χ4v) is 17.9. The molecular weight excluding hydrogens is 1290 g/mol. The van der Waals surface area contributed by atoms with Crippen LogP contribution in [-0.4, -0.2) is 22.2 Å². The molecule has 90 heavy (non-hydrogen) atoms. The molecule has 0 radical (unpaired) electrons. The third kappa shape index (κ3) is 9.40. The Kier molecular flexibility index (Phi) is 11.0. The molecule has 0 spiro atoms. The maximum absolute atomic E-state index is 9.53. The molecule has 7 heteroatoms. The molecule has 0 fully saturated rings. The first-order valence-corrected chi connectivity index (χ1v) is 31.4. The Morgan fingerprint density at radius 1 is 0.489 bits per heavy atom. The van der Waals surface area contributed by atoms with Crippen LogP contribution in [0.3, 0.4) is 0 Å². The van der Waals surface area contributed by atoms with E-state index in [9.17, 15) is 2.74 Å². The Morgan fingerprint density at radius 2 is 1.04 bits per heavy atom. The summed E-state index contributed by atoms with van der Waals surface area (Å²) in [6.07, 6.45) is 5.02. The second-order valence-corrected chi connectivity index (χ2v) is 27.1. The normalized spacial score (nSPS) is 14.1. The Hall–Kier alpha value is -10.2. The smallest absolute Gasteiger partial charge is 0.268 e. The van der Waals surface area contributed by atoms with E-state index in [1.54, 1.807) is 6.07 Å². The van der Waals surface area contributed by atoms with Gasteiger partial charge in [-0.25, -0.2) is 4.98 Å². The molecule has 434 valence electrons. The van der Waals surface area contributed by atoms with Gasteiger partial charge < -0.3 is 13.9 Å². The predicted octanol–water partition coefficient (Wildman–Crippen LogP) is 17.2. The maximum atomic E-state index is 9.53. The van der Waals surface area contributed by atoms with Crippen molar-refractivity contribution >= 4 is 61.7 Å². The maximum Gasteiger partial charge on any atom is 0.268 e. The van der Waals surface area contributed by atoms with Gasteiger partial charge >= 0.3 is 0 Å². The summed E-state index contributed by atoms with van der Waals surface area (Å²) in [6.45, 7) is 3.42. The summed E-state index contributed by atoms with van der Waals surface area (Å²) in [5.74, 6) is 0.706. The molecule has 0 unspecified atom stereocenters. The van der Waals surface area contributed by atoms with Gasteiger partial charge in [0, 0.05) is 54.0 Å². The topological polar surface area (TPSA) is 35.9 Å². The summed E-state index contributed by atoms with van der Waals surface area (Å²) in [5, 5.41) is 6.05. The van der Waals surface area contributed by atoms with E-state index in [2.05, 4.69) is 161 Å². The van der Waals surface area contributed by atoms with E-state index in [1.165, 1.54) is 12.3 Å². The number of fused-ring (bicyclic) bond motifs is 10. The molecule has 0 saturated carbocycles. The molecule has 1 aliphatic rings. The molecule has 5 nitrogen and oxygen atoms in total. The number of hydrogen-bond acceptors (Lipinski definition) is 2. The van der Waals surface area contributed by atoms with Gasteiger partial charge in [0.15, 0.2) is 8.07 Å². The van der Waals surface area contributed by atoms with Gasteiger partial charge in [-0.05, 0) is 117 Å². The van der Waals surface area contributed by atoms with E-state index in [1.807, 2.05) is 105 Å². The first-order chi connectivity index (χ1) is 49.0. The molecule has 0 amide bonds. The number of pyridine rings is 1. The minimum atomic E-state index is -3.14. The van der Waals surface area contributed by atoms with E-state index in [-0.39, 0.29) is 72.7 Å².